The summed E-state index contributed by atoms with van der Waals surface area (Å²) in [6, 6.07) is 27.2. The zero-order valence-corrected chi connectivity index (χ0v) is 29.2. The van der Waals surface area contributed by atoms with Crippen LogP contribution in [0.4, 0.5) is 0 Å². The van der Waals surface area contributed by atoms with E-state index in [1.165, 1.54) is 16.8 Å². The molecule has 0 spiro atoms. The van der Waals surface area contributed by atoms with Crippen LogP contribution in [0.2, 0.25) is 0 Å². The average Bonchev–Trinajstić information content (AvgIpc) is 3.85. The van der Waals surface area contributed by atoms with Crippen molar-refractivity contribution in [2.45, 2.75) is 27.7 Å². The number of nitrogens with zero attached hydrogens (tertiary/aromatic N) is 8. The third-order valence-electron chi connectivity index (χ3n) is 7.92. The number of rotatable bonds is 4. The van der Waals surface area contributed by atoms with Gasteiger partial charge in [-0.3, -0.25) is 24.6 Å². The number of aryl methyl sites for hydroxylation is 5. The predicted molar refractivity (Wildman–Crippen MR) is 180 cm³/mol. The van der Waals surface area contributed by atoms with E-state index >= 15 is 0 Å². The van der Waals surface area contributed by atoms with Crippen LogP contribution in [0.3, 0.4) is 0 Å². The summed E-state index contributed by atoms with van der Waals surface area (Å²) in [7, 11) is 1.97. The zero-order chi connectivity index (χ0) is 31.1. The van der Waals surface area contributed by atoms with Crippen LogP contribution in [0.5, 0.6) is 0 Å². The number of benzene rings is 4. The van der Waals surface area contributed by atoms with Crippen molar-refractivity contribution in [3.63, 3.8) is 0 Å². The predicted octanol–water partition coefficient (Wildman–Crippen LogP) is 7.80. The molecule has 231 valence electrons. The third kappa shape index (κ3) is 5.71. The Morgan fingerprint density at radius 3 is 2.11 bits per heavy atom. The van der Waals surface area contributed by atoms with Crippen molar-refractivity contribution in [1.82, 2.24) is 38.9 Å². The summed E-state index contributed by atoms with van der Waals surface area (Å²) in [6.45, 7) is 8.41. The molecule has 0 aliphatic rings. The van der Waals surface area contributed by atoms with Gasteiger partial charge >= 0.3 is 0 Å². The van der Waals surface area contributed by atoms with Gasteiger partial charge in [0.2, 0.25) is 0 Å². The monoisotopic (exact) mass is 799 g/mol. The smallest absolute Gasteiger partial charge is 0.127 e. The SMILES string of the molecule is Cc1cccc(C)c1-n1ccnc1-c1[c-]cc2scnc2c1.Cc1cccc(C)c1-n1ncnc1-c1[c-]cc2c(c1)ncn2C.[Ir]. The minimum atomic E-state index is 0. The zero-order valence-electron chi connectivity index (χ0n) is 26.0. The second kappa shape index (κ2) is 12.9. The first-order valence-electron chi connectivity index (χ1n) is 14.5. The maximum atomic E-state index is 4.54. The molecule has 0 unspecified atom stereocenters. The molecular weight excluding hydrogens is 769 g/mol. The maximum absolute atomic E-state index is 4.54. The second-order valence-corrected chi connectivity index (χ2v) is 11.9. The van der Waals surface area contributed by atoms with Gasteiger partial charge in [-0.15, -0.1) is 47.5 Å². The summed E-state index contributed by atoms with van der Waals surface area (Å²) in [4.78, 5) is 17.8. The van der Waals surface area contributed by atoms with Crippen LogP contribution in [0.15, 0.2) is 91.2 Å². The fourth-order valence-electron chi connectivity index (χ4n) is 5.73. The van der Waals surface area contributed by atoms with Crippen LogP contribution < -0.4 is 0 Å². The van der Waals surface area contributed by atoms with Gasteiger partial charge in [-0.25, -0.2) is 0 Å². The molecule has 0 saturated carbocycles. The van der Waals surface area contributed by atoms with Crippen LogP contribution in [0.25, 0.3) is 55.4 Å². The van der Waals surface area contributed by atoms with Crippen LogP contribution in [-0.2, 0) is 27.2 Å². The average molecular weight is 799 g/mol. The molecule has 4 heterocycles. The molecule has 8 aromatic rings. The number of thiazole rings is 1. The van der Waals surface area contributed by atoms with Crippen LogP contribution >= 0.6 is 11.3 Å². The topological polar surface area (TPSA) is 79.2 Å². The van der Waals surface area contributed by atoms with E-state index in [0.29, 0.717) is 0 Å². The number of aromatic nitrogens is 8. The standard InChI is InChI=1S/C18H16N5.C18H14N3S.Ir/c1-12-5-4-6-13(2)17(12)23-18(19-10-21-23)14-7-8-16-15(9-14)20-11-22(16)3;1-12-4-3-5-13(2)17(12)21-9-8-19-18(21)14-6-7-16-15(10-14)20-11-22-16;/h4-6,8-11H,1-3H3;3-5,7-11H,1-2H3;/q2*-1;. The van der Waals surface area contributed by atoms with Gasteiger partial charge in [0.15, 0.2) is 0 Å². The molecule has 0 saturated heterocycles. The molecule has 1 radical (unpaired) electrons. The van der Waals surface area contributed by atoms with Gasteiger partial charge < -0.3 is 9.13 Å². The maximum Gasteiger partial charge on any atom is 0.127 e. The Morgan fingerprint density at radius 2 is 1.37 bits per heavy atom. The molecule has 0 aliphatic carbocycles. The molecule has 0 amide bonds. The van der Waals surface area contributed by atoms with Crippen LogP contribution in [0, 0.1) is 39.8 Å². The van der Waals surface area contributed by atoms with Gasteiger partial charge in [0.05, 0.1) is 29.2 Å². The molecule has 10 heteroatoms. The molecule has 0 bridgehead atoms. The molecule has 4 aromatic carbocycles. The summed E-state index contributed by atoms with van der Waals surface area (Å²) in [5, 5.41) is 4.43. The summed E-state index contributed by atoms with van der Waals surface area (Å²) in [6.07, 6.45) is 7.22. The Labute approximate surface area is 284 Å². The summed E-state index contributed by atoms with van der Waals surface area (Å²) < 4.78 is 7.14. The van der Waals surface area contributed by atoms with Crippen molar-refractivity contribution in [3.05, 3.63) is 126 Å². The quantitative estimate of drug-likeness (QED) is 0.170. The van der Waals surface area contributed by atoms with E-state index in [1.807, 2.05) is 52.4 Å². The van der Waals surface area contributed by atoms with Gasteiger partial charge in [-0.05, 0) is 65.7 Å². The van der Waals surface area contributed by atoms with Crippen molar-refractivity contribution in [2.75, 3.05) is 0 Å². The summed E-state index contributed by atoms with van der Waals surface area (Å²) in [5.41, 5.74) is 13.7. The summed E-state index contributed by atoms with van der Waals surface area (Å²) in [5.74, 6) is 1.67. The minimum absolute atomic E-state index is 0. The van der Waals surface area contributed by atoms with E-state index in [2.05, 4.69) is 112 Å². The number of para-hydroxylation sites is 2. The first kappa shape index (κ1) is 31.2. The van der Waals surface area contributed by atoms with E-state index in [9.17, 15) is 0 Å². The number of hydrogen-bond donors (Lipinski definition) is 0. The fourth-order valence-corrected chi connectivity index (χ4v) is 6.37. The molecule has 0 N–H and O–H groups in total. The fraction of sp³-hybridized carbons (Fsp3) is 0.139. The van der Waals surface area contributed by atoms with Crippen LogP contribution in [0.1, 0.15) is 22.3 Å². The van der Waals surface area contributed by atoms with E-state index in [4.69, 9.17) is 0 Å². The number of fused-ring (bicyclic) bond motifs is 2. The van der Waals surface area contributed by atoms with Crippen molar-refractivity contribution in [3.8, 4) is 34.2 Å². The van der Waals surface area contributed by atoms with Crippen molar-refractivity contribution >= 4 is 32.6 Å². The number of imidazole rings is 2. The number of hydrogen-bond acceptors (Lipinski definition) is 6. The Morgan fingerprint density at radius 1 is 0.717 bits per heavy atom. The van der Waals surface area contributed by atoms with Gasteiger partial charge in [0.25, 0.3) is 0 Å². The molecule has 0 fully saturated rings. The van der Waals surface area contributed by atoms with E-state index in [1.54, 1.807) is 24.0 Å². The van der Waals surface area contributed by atoms with Gasteiger partial charge in [-0.2, -0.15) is 16.4 Å². The Balaban J connectivity index is 0.000000158. The second-order valence-electron chi connectivity index (χ2n) is 11.0. The largest absolute Gasteiger partial charge is 0.373 e. The molecule has 0 aliphatic heterocycles. The van der Waals surface area contributed by atoms with Gasteiger partial charge in [0.1, 0.15) is 6.33 Å². The first-order chi connectivity index (χ1) is 21.9. The van der Waals surface area contributed by atoms with E-state index in [-0.39, 0.29) is 20.1 Å². The third-order valence-corrected chi connectivity index (χ3v) is 8.72. The Hall–Kier alpha value is -4.76. The van der Waals surface area contributed by atoms with E-state index in [0.717, 1.165) is 60.8 Å². The Kier molecular flexibility index (Phi) is 8.77. The van der Waals surface area contributed by atoms with Crippen molar-refractivity contribution < 1.29 is 20.1 Å². The van der Waals surface area contributed by atoms with Crippen LogP contribution in [-0.4, -0.2) is 38.9 Å². The van der Waals surface area contributed by atoms with Gasteiger partial charge in [-0.1, -0.05) is 36.4 Å². The summed E-state index contributed by atoms with van der Waals surface area (Å²) >= 11 is 1.63. The molecule has 8 rings (SSSR count). The first-order valence-corrected chi connectivity index (χ1v) is 15.4. The molecular formula is C36H30IrN8S-2. The molecule has 8 nitrogen and oxygen atoms in total. The molecule has 0 atom stereocenters. The van der Waals surface area contributed by atoms with Gasteiger partial charge in [0, 0.05) is 50.8 Å². The van der Waals surface area contributed by atoms with Crippen molar-refractivity contribution in [2.24, 2.45) is 7.05 Å². The van der Waals surface area contributed by atoms with E-state index < -0.39 is 0 Å². The normalized spacial score (nSPS) is 11.0. The van der Waals surface area contributed by atoms with Crippen molar-refractivity contribution in [1.29, 1.82) is 0 Å². The Bertz CT molecular complexity index is 2270. The molecule has 46 heavy (non-hydrogen) atoms. The molecule has 4 aromatic heterocycles. The minimum Gasteiger partial charge on any atom is -0.373 e.